The quantitative estimate of drug-likeness (QED) is 0.714. The van der Waals surface area contributed by atoms with Crippen molar-refractivity contribution in [1.82, 2.24) is 10.6 Å². The molecule has 3 N–H and O–H groups in total. The second kappa shape index (κ2) is 5.36. The first-order chi connectivity index (χ1) is 8.96. The molecule has 0 bridgehead atoms. The van der Waals surface area contributed by atoms with Gasteiger partial charge in [-0.15, -0.1) is 0 Å². The van der Waals surface area contributed by atoms with Gasteiger partial charge in [-0.25, -0.2) is 4.79 Å². The third-order valence-corrected chi connectivity index (χ3v) is 4.36. The standard InChI is InChI=1S/C13H22N2O4/c1-12(3-2-4-12)15-11(18)14-9-13(10(16)17)5-7-19-8-6-13/h2-9H2,1H3,(H,16,17)(H2,14,15,18). The lowest BCUT2D eigenvalue weighted by atomic mass is 9.78. The zero-order valence-corrected chi connectivity index (χ0v) is 11.3. The van der Waals surface area contributed by atoms with E-state index in [9.17, 15) is 14.7 Å². The maximum absolute atomic E-state index is 11.8. The summed E-state index contributed by atoms with van der Waals surface area (Å²) in [5.74, 6) is -0.856. The minimum absolute atomic E-state index is 0.115. The Labute approximate surface area is 112 Å². The number of carboxylic acid groups (broad SMARTS) is 1. The maximum Gasteiger partial charge on any atom is 0.315 e. The molecule has 19 heavy (non-hydrogen) atoms. The first-order valence-electron chi connectivity index (χ1n) is 6.83. The largest absolute Gasteiger partial charge is 0.481 e. The summed E-state index contributed by atoms with van der Waals surface area (Å²) in [6.07, 6.45) is 3.99. The number of urea groups is 1. The van der Waals surface area contributed by atoms with E-state index in [4.69, 9.17) is 4.74 Å². The van der Waals surface area contributed by atoms with Crippen LogP contribution in [0.25, 0.3) is 0 Å². The molecule has 1 saturated carbocycles. The highest BCUT2D eigenvalue weighted by molar-refractivity contribution is 5.78. The van der Waals surface area contributed by atoms with E-state index in [0.29, 0.717) is 26.1 Å². The molecular formula is C13H22N2O4. The van der Waals surface area contributed by atoms with Gasteiger partial charge in [0.15, 0.2) is 0 Å². The Kier molecular flexibility index (Phi) is 3.99. The topological polar surface area (TPSA) is 87.7 Å². The smallest absolute Gasteiger partial charge is 0.315 e. The number of carbonyl (C=O) groups excluding carboxylic acids is 1. The molecule has 0 unspecified atom stereocenters. The first-order valence-corrected chi connectivity index (χ1v) is 6.83. The molecule has 2 aliphatic rings. The zero-order valence-electron chi connectivity index (χ0n) is 11.3. The fourth-order valence-corrected chi connectivity index (χ4v) is 2.63. The van der Waals surface area contributed by atoms with Crippen LogP contribution in [-0.2, 0) is 9.53 Å². The number of hydrogen-bond acceptors (Lipinski definition) is 3. The number of carboxylic acids is 1. The summed E-state index contributed by atoms with van der Waals surface area (Å²) in [5.41, 5.74) is -0.994. The minimum atomic E-state index is -0.879. The average molecular weight is 270 g/mol. The molecule has 108 valence electrons. The van der Waals surface area contributed by atoms with Crippen LogP contribution in [0.5, 0.6) is 0 Å². The van der Waals surface area contributed by atoms with E-state index >= 15 is 0 Å². The Hall–Kier alpha value is -1.30. The minimum Gasteiger partial charge on any atom is -0.481 e. The highest BCUT2D eigenvalue weighted by Crippen LogP contribution is 2.31. The first kappa shape index (κ1) is 14.1. The molecule has 1 saturated heterocycles. The van der Waals surface area contributed by atoms with Gasteiger partial charge in [0.05, 0.1) is 5.41 Å². The lowest BCUT2D eigenvalue weighted by Crippen LogP contribution is -2.56. The van der Waals surface area contributed by atoms with Crippen LogP contribution in [0.15, 0.2) is 0 Å². The number of rotatable bonds is 4. The predicted molar refractivity (Wildman–Crippen MR) is 68.9 cm³/mol. The van der Waals surface area contributed by atoms with Crippen molar-refractivity contribution in [2.45, 2.75) is 44.6 Å². The number of nitrogens with one attached hydrogen (secondary N) is 2. The fraction of sp³-hybridized carbons (Fsp3) is 0.846. The molecule has 0 aromatic carbocycles. The third-order valence-electron chi connectivity index (χ3n) is 4.36. The zero-order chi connectivity index (χ0) is 13.9. The average Bonchev–Trinajstić information content (AvgIpc) is 2.35. The highest BCUT2D eigenvalue weighted by atomic mass is 16.5. The molecule has 1 heterocycles. The van der Waals surface area contributed by atoms with Gasteiger partial charge in [-0.05, 0) is 39.0 Å². The molecule has 2 amide bonds. The summed E-state index contributed by atoms with van der Waals surface area (Å²) in [6, 6.07) is -0.269. The van der Waals surface area contributed by atoms with Gasteiger partial charge in [0.1, 0.15) is 0 Å². The summed E-state index contributed by atoms with van der Waals surface area (Å²) in [7, 11) is 0. The molecule has 0 aromatic rings. The van der Waals surface area contributed by atoms with Gasteiger partial charge in [0.25, 0.3) is 0 Å². The lowest BCUT2D eigenvalue weighted by Gasteiger charge is -2.39. The SMILES string of the molecule is CC1(NC(=O)NCC2(C(=O)O)CCOCC2)CCC1. The van der Waals surface area contributed by atoms with Gasteiger partial charge in [-0.1, -0.05) is 0 Å². The van der Waals surface area contributed by atoms with Crippen molar-refractivity contribution < 1.29 is 19.4 Å². The van der Waals surface area contributed by atoms with E-state index in [1.54, 1.807) is 0 Å². The van der Waals surface area contributed by atoms with E-state index in [-0.39, 0.29) is 18.1 Å². The summed E-state index contributed by atoms with van der Waals surface area (Å²) >= 11 is 0. The van der Waals surface area contributed by atoms with Crippen LogP contribution in [-0.4, -0.2) is 42.4 Å². The maximum atomic E-state index is 11.8. The van der Waals surface area contributed by atoms with Crippen molar-refractivity contribution in [1.29, 1.82) is 0 Å². The summed E-state index contributed by atoms with van der Waals surface area (Å²) < 4.78 is 5.20. The van der Waals surface area contributed by atoms with Crippen molar-refractivity contribution in [2.24, 2.45) is 5.41 Å². The Balaban J connectivity index is 1.84. The fourth-order valence-electron chi connectivity index (χ4n) is 2.63. The normalized spacial score (nSPS) is 24.1. The molecule has 0 radical (unpaired) electrons. The van der Waals surface area contributed by atoms with Crippen molar-refractivity contribution in [3.63, 3.8) is 0 Å². The Morgan fingerprint density at radius 3 is 2.32 bits per heavy atom. The number of hydrogen-bond donors (Lipinski definition) is 3. The Morgan fingerprint density at radius 1 is 1.21 bits per heavy atom. The number of aliphatic carboxylic acids is 1. The second-order valence-corrected chi connectivity index (χ2v) is 5.92. The molecular weight excluding hydrogens is 248 g/mol. The van der Waals surface area contributed by atoms with E-state index < -0.39 is 11.4 Å². The van der Waals surface area contributed by atoms with Gasteiger partial charge in [-0.2, -0.15) is 0 Å². The van der Waals surface area contributed by atoms with Gasteiger partial charge >= 0.3 is 12.0 Å². The van der Waals surface area contributed by atoms with E-state index in [2.05, 4.69) is 10.6 Å². The molecule has 2 fully saturated rings. The van der Waals surface area contributed by atoms with Gasteiger partial charge in [0, 0.05) is 25.3 Å². The van der Waals surface area contributed by atoms with Crippen molar-refractivity contribution in [3.8, 4) is 0 Å². The second-order valence-electron chi connectivity index (χ2n) is 5.92. The van der Waals surface area contributed by atoms with E-state index in [1.807, 2.05) is 6.92 Å². The Morgan fingerprint density at radius 2 is 1.84 bits per heavy atom. The van der Waals surface area contributed by atoms with Gasteiger partial charge in [-0.3, -0.25) is 4.79 Å². The van der Waals surface area contributed by atoms with Crippen molar-refractivity contribution in [3.05, 3.63) is 0 Å². The molecule has 6 nitrogen and oxygen atoms in total. The molecule has 6 heteroatoms. The third kappa shape index (κ3) is 3.18. The summed E-state index contributed by atoms with van der Waals surface area (Å²) in [5, 5.41) is 15.0. The Bertz CT molecular complexity index is 360. The summed E-state index contributed by atoms with van der Waals surface area (Å²) in [6.45, 7) is 3.05. The van der Waals surface area contributed by atoms with Crippen LogP contribution in [0.2, 0.25) is 0 Å². The van der Waals surface area contributed by atoms with E-state index in [0.717, 1.165) is 19.3 Å². The molecule has 1 aliphatic carbocycles. The molecule has 1 aliphatic heterocycles. The van der Waals surface area contributed by atoms with Gasteiger partial charge < -0.3 is 20.5 Å². The van der Waals surface area contributed by atoms with Crippen LogP contribution < -0.4 is 10.6 Å². The number of amides is 2. The number of carbonyl (C=O) groups is 2. The van der Waals surface area contributed by atoms with Crippen LogP contribution >= 0.6 is 0 Å². The van der Waals surface area contributed by atoms with Crippen LogP contribution in [0, 0.1) is 5.41 Å². The molecule has 0 aromatic heterocycles. The number of ether oxygens (including phenoxy) is 1. The van der Waals surface area contributed by atoms with Gasteiger partial charge in [0.2, 0.25) is 0 Å². The molecule has 2 rings (SSSR count). The van der Waals surface area contributed by atoms with E-state index in [1.165, 1.54) is 0 Å². The van der Waals surface area contributed by atoms with Crippen molar-refractivity contribution >= 4 is 12.0 Å². The summed E-state index contributed by atoms with van der Waals surface area (Å²) in [4.78, 5) is 23.2. The van der Waals surface area contributed by atoms with Crippen LogP contribution in [0.4, 0.5) is 4.79 Å². The highest BCUT2D eigenvalue weighted by Gasteiger charge is 2.41. The molecule has 0 atom stereocenters. The molecule has 0 spiro atoms. The lowest BCUT2D eigenvalue weighted by molar-refractivity contribution is -0.154. The van der Waals surface area contributed by atoms with Crippen molar-refractivity contribution in [2.75, 3.05) is 19.8 Å². The van der Waals surface area contributed by atoms with Crippen LogP contribution in [0.3, 0.4) is 0 Å². The monoisotopic (exact) mass is 270 g/mol. The van der Waals surface area contributed by atoms with Crippen LogP contribution in [0.1, 0.15) is 39.0 Å². The predicted octanol–water partition coefficient (Wildman–Crippen LogP) is 1.11.